The van der Waals surface area contributed by atoms with Gasteiger partial charge in [-0.2, -0.15) is 12.6 Å². The number of fused-ring (bicyclic) bond motifs is 1. The molecule has 72 valence electrons. The quantitative estimate of drug-likeness (QED) is 0.720. The predicted octanol–water partition coefficient (Wildman–Crippen LogP) is 3.02. The van der Waals surface area contributed by atoms with Gasteiger partial charge in [-0.3, -0.25) is 0 Å². The Morgan fingerprint density at radius 2 is 1.86 bits per heavy atom. The number of rotatable bonds is 2. The maximum Gasteiger partial charge on any atom is 0.119 e. The van der Waals surface area contributed by atoms with Crippen molar-refractivity contribution in [2.24, 2.45) is 0 Å². The molecule has 0 radical (unpaired) electrons. The molecule has 0 fully saturated rings. The third kappa shape index (κ3) is 1.58. The van der Waals surface area contributed by atoms with Gasteiger partial charge in [0.25, 0.3) is 0 Å². The molecule has 1 N–H and O–H groups in total. The van der Waals surface area contributed by atoms with Gasteiger partial charge >= 0.3 is 0 Å². The fourth-order valence-electron chi connectivity index (χ4n) is 1.70. The van der Waals surface area contributed by atoms with Crippen LogP contribution in [0.15, 0.2) is 36.4 Å². The minimum Gasteiger partial charge on any atom is -0.508 e. The smallest absolute Gasteiger partial charge is 0.119 e. The third-order valence-electron chi connectivity index (χ3n) is 2.38. The third-order valence-corrected chi connectivity index (χ3v) is 2.60. The molecular weight excluding hydrogens is 192 g/mol. The van der Waals surface area contributed by atoms with Gasteiger partial charge in [-0.1, -0.05) is 30.3 Å². The van der Waals surface area contributed by atoms with Crippen LogP contribution in [0.2, 0.25) is 0 Å². The molecule has 0 spiro atoms. The summed E-state index contributed by atoms with van der Waals surface area (Å²) in [5.74, 6) is 1.12. The van der Waals surface area contributed by atoms with E-state index in [1.165, 1.54) is 5.39 Å². The first-order chi connectivity index (χ1) is 6.83. The summed E-state index contributed by atoms with van der Waals surface area (Å²) < 4.78 is 0. The second kappa shape index (κ2) is 3.93. The van der Waals surface area contributed by atoms with Gasteiger partial charge in [-0.15, -0.1) is 0 Å². The van der Waals surface area contributed by atoms with Gasteiger partial charge in [-0.25, -0.2) is 0 Å². The van der Waals surface area contributed by atoms with E-state index in [-0.39, 0.29) is 0 Å². The highest BCUT2D eigenvalue weighted by atomic mass is 32.1. The van der Waals surface area contributed by atoms with Crippen LogP contribution in [0.5, 0.6) is 5.75 Å². The lowest BCUT2D eigenvalue weighted by Gasteiger charge is -2.07. The molecule has 0 aliphatic rings. The fraction of sp³-hybridized carbons (Fsp3) is 0.167. The Balaban J connectivity index is 2.69. The number of hydrogen-bond donors (Lipinski definition) is 2. The molecule has 2 rings (SSSR count). The molecule has 0 aromatic heterocycles. The Labute approximate surface area is 88.8 Å². The number of benzene rings is 2. The summed E-state index contributed by atoms with van der Waals surface area (Å²) in [5.41, 5.74) is 0.998. The van der Waals surface area contributed by atoms with E-state index in [9.17, 15) is 5.11 Å². The largest absolute Gasteiger partial charge is 0.508 e. The molecule has 0 amide bonds. The highest BCUT2D eigenvalue weighted by Crippen LogP contribution is 2.27. The number of thiol groups is 1. The molecule has 0 saturated heterocycles. The normalized spacial score (nSPS) is 10.6. The first-order valence-corrected chi connectivity index (χ1v) is 5.26. The Hall–Kier alpha value is -1.15. The summed E-state index contributed by atoms with van der Waals surface area (Å²) in [7, 11) is 0. The van der Waals surface area contributed by atoms with Gasteiger partial charge < -0.3 is 5.11 Å². The van der Waals surface area contributed by atoms with Crippen LogP contribution in [-0.4, -0.2) is 10.9 Å². The lowest BCUT2D eigenvalue weighted by molar-refractivity contribution is 0.470. The predicted molar refractivity (Wildman–Crippen MR) is 63.2 cm³/mol. The second-order valence-electron chi connectivity index (χ2n) is 3.26. The van der Waals surface area contributed by atoms with Gasteiger partial charge in [0, 0.05) is 5.56 Å². The molecule has 1 nitrogen and oxygen atoms in total. The molecule has 0 aliphatic heterocycles. The molecule has 2 heteroatoms. The van der Waals surface area contributed by atoms with Crippen molar-refractivity contribution in [2.45, 2.75) is 6.42 Å². The lowest BCUT2D eigenvalue weighted by Crippen LogP contribution is -1.89. The SMILES string of the molecule is Oc1ccc2ccccc2c1CCS. The van der Waals surface area contributed by atoms with Crippen LogP contribution >= 0.6 is 12.6 Å². The van der Waals surface area contributed by atoms with E-state index in [0.717, 1.165) is 23.1 Å². The van der Waals surface area contributed by atoms with Crippen LogP contribution in [-0.2, 0) is 6.42 Å². The van der Waals surface area contributed by atoms with Crippen molar-refractivity contribution >= 4 is 23.4 Å². The molecule has 0 unspecified atom stereocenters. The van der Waals surface area contributed by atoms with E-state index in [1.807, 2.05) is 24.3 Å². The molecule has 0 aliphatic carbocycles. The Bertz CT molecular complexity index is 451. The topological polar surface area (TPSA) is 20.2 Å². The van der Waals surface area contributed by atoms with Gasteiger partial charge in [0.05, 0.1) is 0 Å². The van der Waals surface area contributed by atoms with Crippen molar-refractivity contribution in [3.05, 3.63) is 42.0 Å². The summed E-state index contributed by atoms with van der Waals surface area (Å²) in [5, 5.41) is 12.0. The molecule has 14 heavy (non-hydrogen) atoms. The van der Waals surface area contributed by atoms with E-state index in [4.69, 9.17) is 0 Å². The highest BCUT2D eigenvalue weighted by Gasteiger charge is 2.04. The molecule has 0 atom stereocenters. The van der Waals surface area contributed by atoms with Crippen LogP contribution in [0.25, 0.3) is 10.8 Å². The number of aromatic hydroxyl groups is 1. The molecule has 0 heterocycles. The van der Waals surface area contributed by atoms with Crippen molar-refractivity contribution in [1.29, 1.82) is 0 Å². The Morgan fingerprint density at radius 1 is 1.07 bits per heavy atom. The van der Waals surface area contributed by atoms with E-state index in [0.29, 0.717) is 5.75 Å². The Kier molecular flexibility index (Phi) is 2.64. The summed E-state index contributed by atoms with van der Waals surface area (Å²) in [6.07, 6.45) is 0.802. The summed E-state index contributed by atoms with van der Waals surface area (Å²) in [4.78, 5) is 0. The first-order valence-electron chi connectivity index (χ1n) is 4.63. The zero-order valence-electron chi connectivity index (χ0n) is 7.77. The van der Waals surface area contributed by atoms with E-state index in [2.05, 4.69) is 18.7 Å². The molecular formula is C12H12OS. The Morgan fingerprint density at radius 3 is 2.64 bits per heavy atom. The monoisotopic (exact) mass is 204 g/mol. The minimum absolute atomic E-state index is 0.373. The fourth-order valence-corrected chi connectivity index (χ4v) is 1.92. The number of phenolic OH excluding ortho intramolecular Hbond substituents is 1. The lowest BCUT2D eigenvalue weighted by atomic mass is 10.0. The zero-order valence-corrected chi connectivity index (χ0v) is 8.67. The van der Waals surface area contributed by atoms with Crippen LogP contribution < -0.4 is 0 Å². The van der Waals surface area contributed by atoms with E-state index >= 15 is 0 Å². The standard InChI is InChI=1S/C12H12OS/c13-12-6-5-9-3-1-2-4-10(9)11(12)7-8-14/h1-6,13-14H,7-8H2. The molecule has 0 saturated carbocycles. The van der Waals surface area contributed by atoms with Crippen LogP contribution in [0.3, 0.4) is 0 Å². The molecule has 0 bridgehead atoms. The minimum atomic E-state index is 0.373. The molecule has 2 aromatic carbocycles. The van der Waals surface area contributed by atoms with Crippen LogP contribution in [0, 0.1) is 0 Å². The first kappa shape index (κ1) is 9.41. The van der Waals surface area contributed by atoms with Gasteiger partial charge in [0.15, 0.2) is 0 Å². The van der Waals surface area contributed by atoms with Crippen molar-refractivity contribution in [3.63, 3.8) is 0 Å². The van der Waals surface area contributed by atoms with Crippen molar-refractivity contribution in [1.82, 2.24) is 0 Å². The summed E-state index contributed by atoms with van der Waals surface area (Å²) in [6, 6.07) is 11.8. The maximum atomic E-state index is 9.71. The average molecular weight is 204 g/mol. The van der Waals surface area contributed by atoms with Crippen LogP contribution in [0.1, 0.15) is 5.56 Å². The molecule has 2 aromatic rings. The van der Waals surface area contributed by atoms with Crippen molar-refractivity contribution < 1.29 is 5.11 Å². The van der Waals surface area contributed by atoms with Crippen LogP contribution in [0.4, 0.5) is 0 Å². The van der Waals surface area contributed by atoms with Crippen molar-refractivity contribution in [2.75, 3.05) is 5.75 Å². The van der Waals surface area contributed by atoms with E-state index in [1.54, 1.807) is 6.07 Å². The van der Waals surface area contributed by atoms with Crippen molar-refractivity contribution in [3.8, 4) is 5.75 Å². The number of phenols is 1. The summed E-state index contributed by atoms with van der Waals surface area (Å²) >= 11 is 4.19. The van der Waals surface area contributed by atoms with Gasteiger partial charge in [0.1, 0.15) is 5.75 Å². The summed E-state index contributed by atoms with van der Waals surface area (Å²) in [6.45, 7) is 0. The zero-order chi connectivity index (χ0) is 9.97. The second-order valence-corrected chi connectivity index (χ2v) is 3.71. The average Bonchev–Trinajstić information content (AvgIpc) is 2.23. The van der Waals surface area contributed by atoms with Gasteiger partial charge in [-0.05, 0) is 29.0 Å². The number of aryl methyl sites for hydroxylation is 1. The van der Waals surface area contributed by atoms with E-state index < -0.39 is 0 Å². The maximum absolute atomic E-state index is 9.71. The highest BCUT2D eigenvalue weighted by molar-refractivity contribution is 7.80. The number of hydrogen-bond acceptors (Lipinski definition) is 2. The van der Waals surface area contributed by atoms with Gasteiger partial charge in [0.2, 0.25) is 0 Å².